The van der Waals surface area contributed by atoms with Crippen molar-refractivity contribution in [2.75, 3.05) is 16.6 Å². The van der Waals surface area contributed by atoms with E-state index in [1.807, 2.05) is 12.1 Å². The SMILES string of the molecule is O=C(Nc1ccc(OCCCc2cccc(NS(=O)(=O)c3ccsc3C(=O)O)c2)c(F)c1)c1cccc(-c2ccc(O)cc2)c1. The first-order valence-electron chi connectivity index (χ1n) is 13.6. The topological polar surface area (TPSA) is 142 Å². The van der Waals surface area contributed by atoms with Crippen molar-refractivity contribution in [2.24, 2.45) is 0 Å². The van der Waals surface area contributed by atoms with Gasteiger partial charge in [-0.15, -0.1) is 11.3 Å². The third kappa shape index (κ3) is 7.85. The van der Waals surface area contributed by atoms with E-state index < -0.39 is 27.7 Å². The van der Waals surface area contributed by atoms with Crippen LogP contribution < -0.4 is 14.8 Å². The first kappa shape index (κ1) is 31.2. The van der Waals surface area contributed by atoms with Crippen molar-refractivity contribution in [3.05, 3.63) is 124 Å². The lowest BCUT2D eigenvalue weighted by atomic mass is 10.0. The fourth-order valence-corrected chi connectivity index (χ4v) is 6.83. The van der Waals surface area contributed by atoms with Crippen LogP contribution in [0.4, 0.5) is 15.8 Å². The summed E-state index contributed by atoms with van der Waals surface area (Å²) in [7, 11) is -4.09. The molecule has 0 aliphatic rings. The molecule has 9 nitrogen and oxygen atoms in total. The van der Waals surface area contributed by atoms with Gasteiger partial charge < -0.3 is 20.3 Å². The Hall–Kier alpha value is -5.20. The molecule has 0 unspecified atom stereocenters. The van der Waals surface area contributed by atoms with Crippen LogP contribution in [0.2, 0.25) is 0 Å². The fraction of sp³-hybridized carbons (Fsp3) is 0.0909. The van der Waals surface area contributed by atoms with Gasteiger partial charge in [-0.05, 0) is 89.5 Å². The van der Waals surface area contributed by atoms with Crippen LogP contribution in [0.25, 0.3) is 11.1 Å². The lowest BCUT2D eigenvalue weighted by molar-refractivity contribution is 0.0698. The number of hydrogen-bond acceptors (Lipinski definition) is 7. The van der Waals surface area contributed by atoms with Gasteiger partial charge in [0.25, 0.3) is 15.9 Å². The summed E-state index contributed by atoms with van der Waals surface area (Å²) in [6, 6.07) is 25.6. The molecule has 1 heterocycles. The van der Waals surface area contributed by atoms with E-state index in [4.69, 9.17) is 4.74 Å². The van der Waals surface area contributed by atoms with Crippen molar-refractivity contribution in [3.63, 3.8) is 0 Å². The minimum absolute atomic E-state index is 0.0221. The molecule has 0 aliphatic carbocycles. The molecule has 0 spiro atoms. The molecule has 5 aromatic rings. The molecular formula is C33H27FN2O7S2. The molecule has 0 fully saturated rings. The zero-order valence-electron chi connectivity index (χ0n) is 23.6. The van der Waals surface area contributed by atoms with Crippen LogP contribution in [0.5, 0.6) is 11.5 Å². The standard InChI is InChI=1S/C33H27FN2O7S2/c34-28-20-25(35-32(38)24-7-2-6-23(19-24)22-9-12-27(37)13-10-22)11-14-29(28)43-16-3-5-21-4-1-8-26(18-21)36-45(41,42)30-15-17-44-31(30)33(39)40/h1-2,4,6-15,17-20,36-37H,3,5,16H2,(H,35,38)(H,39,40). The maximum absolute atomic E-state index is 14.8. The number of phenolic OH excluding ortho intramolecular Hbond substituents is 1. The van der Waals surface area contributed by atoms with Crippen LogP contribution in [0.1, 0.15) is 32.0 Å². The molecule has 0 bridgehead atoms. The highest BCUT2D eigenvalue weighted by atomic mass is 32.2. The number of aromatic hydroxyl groups is 1. The number of nitrogens with one attached hydrogen (secondary N) is 2. The number of phenols is 1. The molecule has 0 atom stereocenters. The number of carboxylic acids is 1. The Bertz CT molecular complexity index is 1960. The maximum atomic E-state index is 14.8. The Morgan fingerprint density at radius 3 is 2.40 bits per heavy atom. The zero-order valence-corrected chi connectivity index (χ0v) is 25.2. The fourth-order valence-electron chi connectivity index (χ4n) is 4.52. The number of rotatable bonds is 12. The van der Waals surface area contributed by atoms with E-state index in [-0.39, 0.29) is 39.3 Å². The lowest BCUT2D eigenvalue weighted by Gasteiger charge is -2.11. The second-order valence-electron chi connectivity index (χ2n) is 9.90. The van der Waals surface area contributed by atoms with Gasteiger partial charge in [0.1, 0.15) is 15.5 Å². The van der Waals surface area contributed by atoms with Gasteiger partial charge in [0.15, 0.2) is 11.6 Å². The lowest BCUT2D eigenvalue weighted by Crippen LogP contribution is -2.15. The van der Waals surface area contributed by atoms with E-state index in [9.17, 15) is 32.6 Å². The number of carbonyl (C=O) groups is 2. The maximum Gasteiger partial charge on any atom is 0.347 e. The number of anilines is 2. The Labute approximate surface area is 262 Å². The van der Waals surface area contributed by atoms with Crippen LogP contribution in [0.15, 0.2) is 107 Å². The zero-order chi connectivity index (χ0) is 32.0. The van der Waals surface area contributed by atoms with Gasteiger partial charge in [-0.1, -0.05) is 36.4 Å². The van der Waals surface area contributed by atoms with Crippen LogP contribution in [-0.2, 0) is 16.4 Å². The van der Waals surface area contributed by atoms with Gasteiger partial charge >= 0.3 is 5.97 Å². The minimum Gasteiger partial charge on any atom is -0.508 e. The van der Waals surface area contributed by atoms with Gasteiger partial charge in [-0.25, -0.2) is 17.6 Å². The highest BCUT2D eigenvalue weighted by molar-refractivity contribution is 7.93. The smallest absolute Gasteiger partial charge is 0.347 e. The number of aromatic carboxylic acids is 1. The first-order valence-corrected chi connectivity index (χ1v) is 16.0. The monoisotopic (exact) mass is 646 g/mol. The quantitative estimate of drug-likeness (QED) is 0.107. The molecule has 4 aromatic carbocycles. The molecule has 0 saturated carbocycles. The van der Waals surface area contributed by atoms with Gasteiger partial charge in [0, 0.05) is 23.0 Å². The molecule has 0 saturated heterocycles. The van der Waals surface area contributed by atoms with Crippen LogP contribution in [-0.4, -0.2) is 37.1 Å². The number of halogens is 1. The molecule has 1 amide bonds. The van der Waals surface area contributed by atoms with E-state index in [0.717, 1.165) is 28.0 Å². The third-order valence-corrected chi connectivity index (χ3v) is 9.13. The van der Waals surface area contributed by atoms with Crippen LogP contribution in [0.3, 0.4) is 0 Å². The van der Waals surface area contributed by atoms with Gasteiger partial charge in [-0.3, -0.25) is 9.52 Å². The number of ether oxygens (including phenoxy) is 1. The van der Waals surface area contributed by atoms with E-state index in [2.05, 4.69) is 10.0 Å². The van der Waals surface area contributed by atoms with E-state index in [1.165, 1.54) is 23.6 Å². The summed E-state index contributed by atoms with van der Waals surface area (Å²) < 4.78 is 48.2. The predicted molar refractivity (Wildman–Crippen MR) is 170 cm³/mol. The number of aryl methyl sites for hydroxylation is 1. The van der Waals surface area contributed by atoms with E-state index >= 15 is 0 Å². The molecule has 5 rings (SSSR count). The van der Waals surface area contributed by atoms with Crippen LogP contribution in [0, 0.1) is 5.82 Å². The number of thiophene rings is 1. The molecule has 0 radical (unpaired) electrons. The first-order chi connectivity index (χ1) is 21.6. The number of sulfonamides is 1. The second kappa shape index (κ2) is 13.6. The average molecular weight is 647 g/mol. The Morgan fingerprint density at radius 1 is 0.867 bits per heavy atom. The third-order valence-electron chi connectivity index (χ3n) is 6.67. The van der Waals surface area contributed by atoms with Crippen molar-refractivity contribution >= 4 is 44.6 Å². The van der Waals surface area contributed by atoms with Gasteiger partial charge in [-0.2, -0.15) is 0 Å². The average Bonchev–Trinajstić information content (AvgIpc) is 3.53. The summed E-state index contributed by atoms with van der Waals surface area (Å²) in [4.78, 5) is 23.6. The normalized spacial score (nSPS) is 11.1. The van der Waals surface area contributed by atoms with Gasteiger partial charge in [0.05, 0.1) is 6.61 Å². The summed E-state index contributed by atoms with van der Waals surface area (Å²) in [5.41, 5.74) is 3.35. The molecule has 230 valence electrons. The number of carbonyl (C=O) groups excluding carboxylic acids is 1. The largest absolute Gasteiger partial charge is 0.508 e. The second-order valence-corrected chi connectivity index (χ2v) is 12.5. The molecular weight excluding hydrogens is 620 g/mol. The number of carboxylic acid groups (broad SMARTS) is 1. The minimum atomic E-state index is -4.09. The summed E-state index contributed by atoms with van der Waals surface area (Å²) in [5, 5.41) is 22.9. The summed E-state index contributed by atoms with van der Waals surface area (Å²) in [6.07, 6.45) is 1.01. The number of hydrogen-bond donors (Lipinski definition) is 4. The van der Waals surface area contributed by atoms with Crippen molar-refractivity contribution in [1.82, 2.24) is 0 Å². The van der Waals surface area contributed by atoms with Crippen molar-refractivity contribution in [3.8, 4) is 22.6 Å². The van der Waals surface area contributed by atoms with Crippen molar-refractivity contribution in [2.45, 2.75) is 17.7 Å². The van der Waals surface area contributed by atoms with E-state index in [1.54, 1.807) is 66.7 Å². The van der Waals surface area contributed by atoms with Crippen molar-refractivity contribution < 1.29 is 37.3 Å². The van der Waals surface area contributed by atoms with Crippen molar-refractivity contribution in [1.29, 1.82) is 0 Å². The summed E-state index contributed by atoms with van der Waals surface area (Å²) in [5.74, 6) is -2.20. The molecule has 45 heavy (non-hydrogen) atoms. The number of amides is 1. The van der Waals surface area contributed by atoms with Gasteiger partial charge in [0.2, 0.25) is 0 Å². The molecule has 4 N–H and O–H groups in total. The molecule has 12 heteroatoms. The Morgan fingerprint density at radius 2 is 1.64 bits per heavy atom. The molecule has 1 aromatic heterocycles. The Balaban J connectivity index is 1.13. The Kier molecular flexibility index (Phi) is 9.45. The number of benzene rings is 4. The summed E-state index contributed by atoms with van der Waals surface area (Å²) in [6.45, 7) is 0.180. The highest BCUT2D eigenvalue weighted by Gasteiger charge is 2.24. The highest BCUT2D eigenvalue weighted by Crippen LogP contribution is 2.27. The predicted octanol–water partition coefficient (Wildman–Crippen LogP) is 7.02. The summed E-state index contributed by atoms with van der Waals surface area (Å²) >= 11 is 0.829. The van der Waals surface area contributed by atoms with Crippen LogP contribution >= 0.6 is 11.3 Å². The van der Waals surface area contributed by atoms with E-state index in [0.29, 0.717) is 18.4 Å². The molecule has 0 aliphatic heterocycles.